The lowest BCUT2D eigenvalue weighted by Gasteiger charge is -2.04. The molecular formula is C12H17N3O. The van der Waals surface area contributed by atoms with Crippen molar-refractivity contribution in [3.63, 3.8) is 0 Å². The molecule has 0 aliphatic carbocycles. The van der Waals surface area contributed by atoms with Gasteiger partial charge in [-0.25, -0.2) is 4.79 Å². The van der Waals surface area contributed by atoms with Gasteiger partial charge in [0.05, 0.1) is 0 Å². The lowest BCUT2D eigenvalue weighted by Crippen LogP contribution is -2.31. The summed E-state index contributed by atoms with van der Waals surface area (Å²) in [5, 5.41) is 5.41. The average molecular weight is 219 g/mol. The van der Waals surface area contributed by atoms with Crippen molar-refractivity contribution in [2.24, 2.45) is 0 Å². The Morgan fingerprint density at radius 3 is 3.00 bits per heavy atom. The molecule has 0 unspecified atom stereocenters. The number of aromatic nitrogens is 1. The average Bonchev–Trinajstić information content (AvgIpc) is 2.34. The van der Waals surface area contributed by atoms with Crippen molar-refractivity contribution in [1.82, 2.24) is 15.6 Å². The maximum Gasteiger partial charge on any atom is 0.319 e. The minimum Gasteiger partial charge on any atom is -0.334 e. The van der Waals surface area contributed by atoms with Gasteiger partial charge in [-0.2, -0.15) is 0 Å². The Morgan fingerprint density at radius 1 is 1.56 bits per heavy atom. The summed E-state index contributed by atoms with van der Waals surface area (Å²) >= 11 is 0. The summed E-state index contributed by atoms with van der Waals surface area (Å²) in [5.41, 5.74) is 2.12. The summed E-state index contributed by atoms with van der Waals surface area (Å²) in [6, 6.07) is 3.56. The third kappa shape index (κ3) is 4.59. The maximum atomic E-state index is 11.3. The van der Waals surface area contributed by atoms with E-state index in [1.165, 1.54) is 0 Å². The molecule has 86 valence electrons. The molecule has 1 aromatic heterocycles. The standard InChI is InChI=1S/C12H17N3O/c1-3-10(2)7-14-12(16)15-9-11-5-4-6-13-8-11/h4-8H,3,9H2,1-2H3,(H2,14,15,16)/b10-7+. The molecule has 0 saturated heterocycles. The van der Waals surface area contributed by atoms with Gasteiger partial charge in [0.2, 0.25) is 0 Å². The predicted molar refractivity (Wildman–Crippen MR) is 63.7 cm³/mol. The molecule has 0 atom stereocenters. The SMILES string of the molecule is CC/C(C)=C/NC(=O)NCc1cccnc1. The van der Waals surface area contributed by atoms with Crippen LogP contribution in [0.3, 0.4) is 0 Å². The van der Waals surface area contributed by atoms with Gasteiger partial charge in [-0.1, -0.05) is 18.6 Å². The van der Waals surface area contributed by atoms with Gasteiger partial charge in [-0.15, -0.1) is 0 Å². The Balaban J connectivity index is 2.31. The second-order valence-corrected chi connectivity index (χ2v) is 3.53. The molecule has 0 aliphatic rings. The number of pyridine rings is 1. The molecule has 2 N–H and O–H groups in total. The highest BCUT2D eigenvalue weighted by Crippen LogP contribution is 1.95. The number of hydrogen-bond acceptors (Lipinski definition) is 2. The molecule has 0 fully saturated rings. The Kier molecular flexibility index (Phi) is 5.05. The molecule has 1 heterocycles. The highest BCUT2D eigenvalue weighted by Gasteiger charge is 1.97. The van der Waals surface area contributed by atoms with Crippen LogP contribution in [0.1, 0.15) is 25.8 Å². The fraction of sp³-hybridized carbons (Fsp3) is 0.333. The van der Waals surface area contributed by atoms with Crippen molar-refractivity contribution in [1.29, 1.82) is 0 Å². The summed E-state index contributed by atoms with van der Waals surface area (Å²) in [6.45, 7) is 4.50. The first-order chi connectivity index (χ1) is 7.72. The van der Waals surface area contributed by atoms with Gasteiger partial charge in [0, 0.05) is 25.1 Å². The number of hydrogen-bond donors (Lipinski definition) is 2. The van der Waals surface area contributed by atoms with Crippen molar-refractivity contribution >= 4 is 6.03 Å². The van der Waals surface area contributed by atoms with E-state index in [-0.39, 0.29) is 6.03 Å². The maximum absolute atomic E-state index is 11.3. The molecule has 0 radical (unpaired) electrons. The molecular weight excluding hydrogens is 202 g/mol. The van der Waals surface area contributed by atoms with E-state index < -0.39 is 0 Å². The topological polar surface area (TPSA) is 54.0 Å². The summed E-state index contributed by atoms with van der Waals surface area (Å²) in [4.78, 5) is 15.3. The predicted octanol–water partition coefficient (Wildman–Crippen LogP) is 2.19. The fourth-order valence-corrected chi connectivity index (χ4v) is 1.03. The van der Waals surface area contributed by atoms with Crippen LogP contribution in [0, 0.1) is 0 Å². The third-order valence-corrected chi connectivity index (χ3v) is 2.18. The van der Waals surface area contributed by atoms with Crippen molar-refractivity contribution in [3.05, 3.63) is 41.9 Å². The van der Waals surface area contributed by atoms with Gasteiger partial charge >= 0.3 is 6.03 Å². The number of carbonyl (C=O) groups excluding carboxylic acids is 1. The zero-order valence-electron chi connectivity index (χ0n) is 9.66. The van der Waals surface area contributed by atoms with Crippen LogP contribution in [0.25, 0.3) is 0 Å². The van der Waals surface area contributed by atoms with E-state index >= 15 is 0 Å². The molecule has 4 nitrogen and oxygen atoms in total. The van der Waals surface area contributed by atoms with Crippen molar-refractivity contribution in [2.45, 2.75) is 26.8 Å². The van der Waals surface area contributed by atoms with Gasteiger partial charge in [0.25, 0.3) is 0 Å². The molecule has 4 heteroatoms. The van der Waals surface area contributed by atoms with Crippen molar-refractivity contribution in [3.8, 4) is 0 Å². The van der Waals surface area contributed by atoms with E-state index in [4.69, 9.17) is 0 Å². The Bertz CT molecular complexity index is 360. The van der Waals surface area contributed by atoms with Gasteiger partial charge in [-0.05, 0) is 25.0 Å². The zero-order valence-corrected chi connectivity index (χ0v) is 9.66. The second-order valence-electron chi connectivity index (χ2n) is 3.53. The molecule has 1 rings (SSSR count). The van der Waals surface area contributed by atoms with Crippen LogP contribution in [0.2, 0.25) is 0 Å². The van der Waals surface area contributed by atoms with E-state index in [2.05, 4.69) is 15.6 Å². The molecule has 0 aliphatic heterocycles. The van der Waals surface area contributed by atoms with E-state index in [1.807, 2.05) is 26.0 Å². The van der Waals surface area contributed by atoms with Crippen LogP contribution in [-0.2, 0) is 6.54 Å². The van der Waals surface area contributed by atoms with Crippen LogP contribution in [0.4, 0.5) is 4.79 Å². The fourth-order valence-electron chi connectivity index (χ4n) is 1.03. The summed E-state index contributed by atoms with van der Waals surface area (Å²) in [7, 11) is 0. The number of rotatable bonds is 4. The smallest absolute Gasteiger partial charge is 0.319 e. The van der Waals surface area contributed by atoms with Crippen LogP contribution >= 0.6 is 0 Å². The Labute approximate surface area is 95.8 Å². The normalized spacial score (nSPS) is 11.0. The molecule has 2 amide bonds. The lowest BCUT2D eigenvalue weighted by molar-refractivity contribution is 0.243. The first-order valence-electron chi connectivity index (χ1n) is 5.31. The van der Waals surface area contributed by atoms with E-state index in [0.29, 0.717) is 6.54 Å². The number of carbonyl (C=O) groups is 1. The van der Waals surface area contributed by atoms with Gasteiger partial charge in [-0.3, -0.25) is 4.98 Å². The molecule has 1 aromatic rings. The first kappa shape index (κ1) is 12.2. The van der Waals surface area contributed by atoms with E-state index in [1.54, 1.807) is 18.6 Å². The molecule has 0 aromatic carbocycles. The van der Waals surface area contributed by atoms with Crippen LogP contribution in [0.15, 0.2) is 36.3 Å². The van der Waals surface area contributed by atoms with Gasteiger partial charge in [0.1, 0.15) is 0 Å². The number of nitrogens with zero attached hydrogens (tertiary/aromatic N) is 1. The number of amides is 2. The van der Waals surface area contributed by atoms with Gasteiger partial charge < -0.3 is 10.6 Å². The van der Waals surface area contributed by atoms with E-state index in [9.17, 15) is 4.79 Å². The summed E-state index contributed by atoms with van der Waals surface area (Å²) in [5.74, 6) is 0. The summed E-state index contributed by atoms with van der Waals surface area (Å²) in [6.07, 6.45) is 6.09. The Hall–Kier alpha value is -1.84. The molecule has 0 bridgehead atoms. The lowest BCUT2D eigenvalue weighted by atomic mass is 10.3. The minimum absolute atomic E-state index is 0.198. The number of allylic oxidation sites excluding steroid dienone is 1. The number of nitrogens with one attached hydrogen (secondary N) is 2. The quantitative estimate of drug-likeness (QED) is 0.815. The van der Waals surface area contributed by atoms with Crippen molar-refractivity contribution < 1.29 is 4.79 Å². The second kappa shape index (κ2) is 6.61. The Morgan fingerprint density at radius 2 is 2.38 bits per heavy atom. The highest BCUT2D eigenvalue weighted by atomic mass is 16.2. The minimum atomic E-state index is -0.198. The van der Waals surface area contributed by atoms with Crippen LogP contribution < -0.4 is 10.6 Å². The number of urea groups is 1. The first-order valence-corrected chi connectivity index (χ1v) is 5.31. The van der Waals surface area contributed by atoms with Crippen LogP contribution in [0.5, 0.6) is 0 Å². The zero-order chi connectivity index (χ0) is 11.8. The molecule has 0 saturated carbocycles. The molecule has 0 spiro atoms. The third-order valence-electron chi connectivity index (χ3n) is 2.18. The van der Waals surface area contributed by atoms with Crippen molar-refractivity contribution in [2.75, 3.05) is 0 Å². The van der Waals surface area contributed by atoms with Crippen LogP contribution in [-0.4, -0.2) is 11.0 Å². The monoisotopic (exact) mass is 219 g/mol. The largest absolute Gasteiger partial charge is 0.334 e. The molecule has 16 heavy (non-hydrogen) atoms. The highest BCUT2D eigenvalue weighted by molar-refractivity contribution is 5.74. The summed E-state index contributed by atoms with van der Waals surface area (Å²) < 4.78 is 0. The van der Waals surface area contributed by atoms with E-state index in [0.717, 1.165) is 17.6 Å². The van der Waals surface area contributed by atoms with Gasteiger partial charge in [0.15, 0.2) is 0 Å².